The van der Waals surface area contributed by atoms with Gasteiger partial charge in [-0.3, -0.25) is 14.4 Å². The lowest BCUT2D eigenvalue weighted by Gasteiger charge is -2.28. The molecule has 1 aromatic carbocycles. The molecule has 1 aliphatic rings. The molecule has 0 saturated heterocycles. The van der Waals surface area contributed by atoms with Gasteiger partial charge in [-0.1, -0.05) is 36.4 Å². The lowest BCUT2D eigenvalue weighted by Crippen LogP contribution is -2.43. The number of esters is 1. The predicted octanol–water partition coefficient (Wildman–Crippen LogP) is 2.05. The van der Waals surface area contributed by atoms with Gasteiger partial charge in [0.2, 0.25) is 11.7 Å². The largest absolute Gasteiger partial charge is 0.421 e. The first-order valence-corrected chi connectivity index (χ1v) is 7.95. The van der Waals surface area contributed by atoms with E-state index >= 15 is 0 Å². The second-order valence-electron chi connectivity index (χ2n) is 5.64. The molecule has 1 aliphatic carbocycles. The maximum atomic E-state index is 12.0. The van der Waals surface area contributed by atoms with Crippen LogP contribution in [0.3, 0.4) is 0 Å². The topological polar surface area (TPSA) is 81.7 Å². The van der Waals surface area contributed by atoms with Gasteiger partial charge in [0.25, 0.3) is 5.79 Å². The average Bonchev–Trinajstić information content (AvgIpc) is 2.61. The van der Waals surface area contributed by atoms with E-state index in [1.165, 1.54) is 26.2 Å². The first-order chi connectivity index (χ1) is 11.9. The molecule has 1 amide bonds. The molecular formula is C19H21NO5. The van der Waals surface area contributed by atoms with Gasteiger partial charge in [-0.25, -0.2) is 0 Å². The normalized spacial score (nSPS) is 19.3. The molecule has 0 heterocycles. The maximum Gasteiger partial charge on any atom is 0.305 e. The molecule has 2 rings (SSSR count). The number of rotatable bonds is 7. The second-order valence-corrected chi connectivity index (χ2v) is 5.64. The van der Waals surface area contributed by atoms with Gasteiger partial charge in [-0.2, -0.15) is 0 Å². The summed E-state index contributed by atoms with van der Waals surface area (Å²) in [7, 11) is 1.29. The Kier molecular flexibility index (Phi) is 6.25. The molecule has 132 valence electrons. The van der Waals surface area contributed by atoms with Crippen molar-refractivity contribution in [2.24, 2.45) is 0 Å². The smallest absolute Gasteiger partial charge is 0.305 e. The number of methoxy groups -OCH3 is 1. The van der Waals surface area contributed by atoms with Crippen molar-refractivity contribution in [2.75, 3.05) is 7.11 Å². The minimum Gasteiger partial charge on any atom is -0.421 e. The Morgan fingerprint density at radius 2 is 1.88 bits per heavy atom. The Morgan fingerprint density at radius 1 is 1.16 bits per heavy atom. The molecule has 1 unspecified atom stereocenters. The summed E-state index contributed by atoms with van der Waals surface area (Å²) in [5, 5.41) is 2.84. The minimum atomic E-state index is -1.74. The van der Waals surface area contributed by atoms with Crippen LogP contribution in [-0.2, 0) is 30.4 Å². The van der Waals surface area contributed by atoms with E-state index in [0.29, 0.717) is 18.5 Å². The molecule has 0 radical (unpaired) electrons. The summed E-state index contributed by atoms with van der Waals surface area (Å²) in [6, 6.07) is 9.61. The Bertz CT molecular complexity index is 708. The number of amides is 1. The van der Waals surface area contributed by atoms with E-state index in [1.54, 1.807) is 6.08 Å². The fourth-order valence-corrected chi connectivity index (χ4v) is 2.45. The number of nitrogens with one attached hydrogen (secondary N) is 1. The van der Waals surface area contributed by atoms with E-state index in [4.69, 9.17) is 9.47 Å². The van der Waals surface area contributed by atoms with Gasteiger partial charge in [-0.05, 0) is 29.7 Å². The molecule has 1 atom stereocenters. The highest BCUT2D eigenvalue weighted by Crippen LogP contribution is 2.26. The van der Waals surface area contributed by atoms with Crippen molar-refractivity contribution in [3.8, 4) is 0 Å². The van der Waals surface area contributed by atoms with Gasteiger partial charge < -0.3 is 14.8 Å². The predicted molar refractivity (Wildman–Crippen MR) is 91.3 cm³/mol. The number of carbonyl (C=O) groups excluding carboxylic acids is 3. The zero-order chi connectivity index (χ0) is 18.3. The van der Waals surface area contributed by atoms with E-state index in [1.807, 2.05) is 30.3 Å². The Balaban J connectivity index is 1.92. The molecule has 0 fully saturated rings. The van der Waals surface area contributed by atoms with E-state index in [9.17, 15) is 14.4 Å². The average molecular weight is 343 g/mol. The van der Waals surface area contributed by atoms with E-state index in [-0.39, 0.29) is 12.3 Å². The Labute approximate surface area is 146 Å². The number of carbonyl (C=O) groups is 3. The van der Waals surface area contributed by atoms with Crippen LogP contribution in [0.15, 0.2) is 54.1 Å². The highest BCUT2D eigenvalue weighted by molar-refractivity contribution is 6.00. The molecule has 0 saturated carbocycles. The first kappa shape index (κ1) is 18.6. The van der Waals surface area contributed by atoms with Crippen molar-refractivity contribution in [3.63, 3.8) is 0 Å². The van der Waals surface area contributed by atoms with Crippen molar-refractivity contribution < 1.29 is 23.9 Å². The summed E-state index contributed by atoms with van der Waals surface area (Å²) in [6.45, 7) is 1.67. The monoisotopic (exact) mass is 343 g/mol. The maximum absolute atomic E-state index is 12.0. The molecule has 6 nitrogen and oxygen atoms in total. The van der Waals surface area contributed by atoms with E-state index in [0.717, 1.165) is 5.56 Å². The molecule has 0 spiro atoms. The molecule has 25 heavy (non-hydrogen) atoms. The number of ketones is 1. The van der Waals surface area contributed by atoms with Crippen LogP contribution < -0.4 is 5.32 Å². The molecule has 6 heteroatoms. The van der Waals surface area contributed by atoms with Crippen LogP contribution in [0.4, 0.5) is 0 Å². The summed E-state index contributed by atoms with van der Waals surface area (Å²) < 4.78 is 10.2. The third-order valence-electron chi connectivity index (χ3n) is 3.74. The number of ether oxygens (including phenoxy) is 2. The molecule has 0 aliphatic heterocycles. The van der Waals surface area contributed by atoms with E-state index < -0.39 is 17.5 Å². The second kappa shape index (κ2) is 8.39. The minimum absolute atomic E-state index is 0.106. The summed E-state index contributed by atoms with van der Waals surface area (Å²) >= 11 is 0. The molecule has 0 bridgehead atoms. The lowest BCUT2D eigenvalue weighted by atomic mass is 9.97. The van der Waals surface area contributed by atoms with Crippen LogP contribution in [0, 0.1) is 0 Å². The van der Waals surface area contributed by atoms with Crippen molar-refractivity contribution in [2.45, 2.75) is 32.1 Å². The van der Waals surface area contributed by atoms with Gasteiger partial charge in [0.1, 0.15) is 0 Å². The van der Waals surface area contributed by atoms with Crippen molar-refractivity contribution >= 4 is 17.7 Å². The van der Waals surface area contributed by atoms with Crippen LogP contribution >= 0.6 is 0 Å². The van der Waals surface area contributed by atoms with Crippen molar-refractivity contribution in [1.29, 1.82) is 0 Å². The Morgan fingerprint density at radius 3 is 2.52 bits per heavy atom. The van der Waals surface area contributed by atoms with Crippen LogP contribution in [-0.4, -0.2) is 30.6 Å². The molecule has 1 N–H and O–H groups in total. The van der Waals surface area contributed by atoms with Gasteiger partial charge in [0.15, 0.2) is 0 Å². The summed E-state index contributed by atoms with van der Waals surface area (Å²) in [4.78, 5) is 35.2. The standard InChI is InChI=1S/C19H21NO5/c1-14(21)25-19(24-2)12-15(8-10-17(19)22)9-11-18(23)20-13-16-6-4-3-5-7-16/h3-8,10,12H,9,11,13H2,1-2H3,(H,20,23). The molecular weight excluding hydrogens is 322 g/mol. The fourth-order valence-electron chi connectivity index (χ4n) is 2.45. The highest BCUT2D eigenvalue weighted by atomic mass is 16.7. The van der Waals surface area contributed by atoms with Crippen LogP contribution in [0.25, 0.3) is 0 Å². The number of hydrogen-bond acceptors (Lipinski definition) is 5. The van der Waals surface area contributed by atoms with Gasteiger partial charge in [-0.15, -0.1) is 0 Å². The van der Waals surface area contributed by atoms with E-state index in [2.05, 4.69) is 5.32 Å². The zero-order valence-corrected chi connectivity index (χ0v) is 14.3. The first-order valence-electron chi connectivity index (χ1n) is 7.95. The lowest BCUT2D eigenvalue weighted by molar-refractivity contribution is -0.199. The van der Waals surface area contributed by atoms with Crippen LogP contribution in [0.1, 0.15) is 25.3 Å². The zero-order valence-electron chi connectivity index (χ0n) is 14.3. The summed E-state index contributed by atoms with van der Waals surface area (Å²) in [5.74, 6) is -2.94. The van der Waals surface area contributed by atoms with Crippen molar-refractivity contribution in [1.82, 2.24) is 5.32 Å². The van der Waals surface area contributed by atoms with Crippen molar-refractivity contribution in [3.05, 3.63) is 59.7 Å². The number of benzene rings is 1. The quantitative estimate of drug-likeness (QED) is 0.605. The fraction of sp³-hybridized carbons (Fsp3) is 0.316. The summed E-state index contributed by atoms with van der Waals surface area (Å²) in [5.41, 5.74) is 1.71. The Hall–Kier alpha value is -2.73. The third kappa shape index (κ3) is 5.12. The van der Waals surface area contributed by atoms with Crippen LogP contribution in [0.2, 0.25) is 0 Å². The third-order valence-corrected chi connectivity index (χ3v) is 3.74. The highest BCUT2D eigenvalue weighted by Gasteiger charge is 2.40. The van der Waals surface area contributed by atoms with Crippen LogP contribution in [0.5, 0.6) is 0 Å². The number of hydrogen-bond donors (Lipinski definition) is 1. The molecule has 0 aromatic heterocycles. The SMILES string of the molecule is COC1(OC(C)=O)C=C(CCC(=O)NCc2ccccc2)C=CC1=O. The van der Waals surface area contributed by atoms with Gasteiger partial charge >= 0.3 is 5.97 Å². The van der Waals surface area contributed by atoms with Gasteiger partial charge in [0, 0.05) is 27.0 Å². The summed E-state index contributed by atoms with van der Waals surface area (Å²) in [6.07, 6.45) is 4.99. The molecule has 1 aromatic rings. The van der Waals surface area contributed by atoms with Gasteiger partial charge in [0.05, 0.1) is 0 Å². The number of allylic oxidation sites excluding steroid dienone is 2.